The normalized spacial score (nSPS) is 29.7. The van der Waals surface area contributed by atoms with Crippen molar-refractivity contribution in [3.05, 3.63) is 46.8 Å². The lowest BCUT2D eigenvalue weighted by Crippen LogP contribution is -2.35. The number of benzene rings is 1. The molecule has 0 radical (unpaired) electrons. The van der Waals surface area contributed by atoms with Crippen LogP contribution in [0.25, 0.3) is 0 Å². The Bertz CT molecular complexity index is 762. The third kappa shape index (κ3) is 6.52. The van der Waals surface area contributed by atoms with E-state index in [4.69, 9.17) is 0 Å². The zero-order chi connectivity index (χ0) is 23.0. The summed E-state index contributed by atoms with van der Waals surface area (Å²) < 4.78 is 15.1. The van der Waals surface area contributed by atoms with Gasteiger partial charge in [0.1, 0.15) is 5.82 Å². The van der Waals surface area contributed by atoms with Crippen LogP contribution in [0.5, 0.6) is 0 Å². The second-order valence-corrected chi connectivity index (χ2v) is 11.8. The summed E-state index contributed by atoms with van der Waals surface area (Å²) in [7, 11) is 0. The van der Waals surface area contributed by atoms with Gasteiger partial charge in [-0.1, -0.05) is 76.2 Å². The molecule has 3 aliphatic carbocycles. The molecule has 2 fully saturated rings. The number of hydrogen-bond donors (Lipinski definition) is 0. The van der Waals surface area contributed by atoms with E-state index in [1.165, 1.54) is 89.0 Å². The third-order valence-electron chi connectivity index (χ3n) is 9.63. The molecule has 4 rings (SSSR count). The summed E-state index contributed by atoms with van der Waals surface area (Å²) in [5, 5.41) is 0. The molecule has 5 atom stereocenters. The van der Waals surface area contributed by atoms with Gasteiger partial charge in [-0.3, -0.25) is 0 Å². The molecule has 0 nitrogen and oxygen atoms in total. The van der Waals surface area contributed by atoms with Gasteiger partial charge in [0.15, 0.2) is 0 Å². The molecule has 0 aromatic heterocycles. The topological polar surface area (TPSA) is 0 Å². The molecule has 5 unspecified atom stereocenters. The van der Waals surface area contributed by atoms with Crippen LogP contribution in [0.3, 0.4) is 0 Å². The molecule has 0 amide bonds. The third-order valence-corrected chi connectivity index (χ3v) is 9.63. The summed E-state index contributed by atoms with van der Waals surface area (Å²) in [5.74, 6) is 4.84. The van der Waals surface area contributed by atoms with Gasteiger partial charge in [-0.2, -0.15) is 0 Å². The van der Waals surface area contributed by atoms with Crippen LogP contribution in [0.4, 0.5) is 4.39 Å². The Labute approximate surface area is 203 Å². The lowest BCUT2D eigenvalue weighted by atomic mass is 9.60. The molecular weight excluding hydrogens is 403 g/mol. The highest BCUT2D eigenvalue weighted by Gasteiger charge is 2.38. The average molecular weight is 453 g/mol. The van der Waals surface area contributed by atoms with Crippen molar-refractivity contribution < 1.29 is 4.39 Å². The quantitative estimate of drug-likeness (QED) is 0.245. The number of halogens is 1. The van der Waals surface area contributed by atoms with Gasteiger partial charge in [-0.15, -0.1) is 0 Å². The van der Waals surface area contributed by atoms with Crippen LogP contribution in [-0.4, -0.2) is 0 Å². The highest BCUT2D eigenvalue weighted by Crippen LogP contribution is 2.49. The molecule has 0 aliphatic heterocycles. The van der Waals surface area contributed by atoms with E-state index in [-0.39, 0.29) is 5.82 Å². The van der Waals surface area contributed by atoms with Crippen LogP contribution in [0, 0.1) is 35.4 Å². The van der Waals surface area contributed by atoms with Gasteiger partial charge in [0.05, 0.1) is 0 Å². The number of aryl methyl sites for hydroxylation is 1. The molecule has 184 valence electrons. The first-order valence-electron chi connectivity index (χ1n) is 14.6. The van der Waals surface area contributed by atoms with Gasteiger partial charge in [-0.05, 0) is 117 Å². The van der Waals surface area contributed by atoms with Gasteiger partial charge >= 0.3 is 0 Å². The number of allylic oxidation sites excluding steroid dienone is 2. The number of fused-ring (bicyclic) bond motifs is 2. The van der Waals surface area contributed by atoms with Gasteiger partial charge in [0.2, 0.25) is 0 Å². The second kappa shape index (κ2) is 12.6. The summed E-state index contributed by atoms with van der Waals surface area (Å²) in [6, 6.07) is 4.35. The van der Waals surface area contributed by atoms with Gasteiger partial charge in [0.25, 0.3) is 0 Å². The molecular formula is C32H49F. The minimum Gasteiger partial charge on any atom is -0.206 e. The van der Waals surface area contributed by atoms with Gasteiger partial charge in [-0.25, -0.2) is 4.39 Å². The molecule has 0 saturated heterocycles. The average Bonchev–Trinajstić information content (AvgIpc) is 2.85. The molecule has 0 spiro atoms. The standard InChI is InChI=1S/C32H49F/c1-3-5-7-8-10-11-24-13-14-27-22-28(17-16-26(27)21-24)29-19-20-31-30(23-29)18-15-25(32(31)33)12-9-6-4-2/h4,6,15,18,24,26-29H,3,5,7-14,16-17,19-23H2,1-2H3/b6-4+. The number of hydrogen-bond acceptors (Lipinski definition) is 0. The van der Waals surface area contributed by atoms with E-state index in [1.54, 1.807) is 0 Å². The minimum atomic E-state index is 0.118. The Morgan fingerprint density at radius 1 is 0.879 bits per heavy atom. The molecule has 0 heterocycles. The van der Waals surface area contributed by atoms with Crippen LogP contribution in [0.1, 0.15) is 120 Å². The van der Waals surface area contributed by atoms with Crippen LogP contribution < -0.4 is 0 Å². The molecule has 33 heavy (non-hydrogen) atoms. The van der Waals surface area contributed by atoms with Crippen molar-refractivity contribution in [2.75, 3.05) is 0 Å². The minimum absolute atomic E-state index is 0.118. The smallest absolute Gasteiger partial charge is 0.129 e. The van der Waals surface area contributed by atoms with Crippen molar-refractivity contribution in [2.24, 2.45) is 29.6 Å². The maximum Gasteiger partial charge on any atom is 0.129 e. The molecule has 0 bridgehead atoms. The highest BCUT2D eigenvalue weighted by atomic mass is 19.1. The highest BCUT2D eigenvalue weighted by molar-refractivity contribution is 5.36. The Hall–Kier alpha value is -1.11. The Morgan fingerprint density at radius 2 is 1.64 bits per heavy atom. The van der Waals surface area contributed by atoms with E-state index in [2.05, 4.69) is 31.2 Å². The predicted octanol–water partition coefficient (Wildman–Crippen LogP) is 9.63. The lowest BCUT2D eigenvalue weighted by Gasteiger charge is -2.45. The van der Waals surface area contributed by atoms with E-state index in [0.717, 1.165) is 66.4 Å². The largest absolute Gasteiger partial charge is 0.206 e. The van der Waals surface area contributed by atoms with E-state index < -0.39 is 0 Å². The Balaban J connectivity index is 1.26. The molecule has 1 heteroatoms. The van der Waals surface area contributed by atoms with Crippen molar-refractivity contribution in [3.63, 3.8) is 0 Å². The summed E-state index contributed by atoms with van der Waals surface area (Å²) in [6.45, 7) is 4.35. The Morgan fingerprint density at radius 3 is 2.45 bits per heavy atom. The fourth-order valence-corrected chi connectivity index (χ4v) is 7.64. The first-order chi connectivity index (χ1) is 16.2. The van der Waals surface area contributed by atoms with E-state index in [0.29, 0.717) is 0 Å². The van der Waals surface area contributed by atoms with Crippen LogP contribution in [-0.2, 0) is 19.3 Å². The number of unbranched alkanes of at least 4 members (excludes halogenated alkanes) is 4. The van der Waals surface area contributed by atoms with Crippen LogP contribution in [0.2, 0.25) is 0 Å². The van der Waals surface area contributed by atoms with Gasteiger partial charge in [0, 0.05) is 0 Å². The summed E-state index contributed by atoms with van der Waals surface area (Å²) in [6.07, 6.45) is 26.9. The Kier molecular flexibility index (Phi) is 9.51. The first-order valence-corrected chi connectivity index (χ1v) is 14.6. The maximum atomic E-state index is 15.1. The molecule has 2 saturated carbocycles. The van der Waals surface area contributed by atoms with Crippen molar-refractivity contribution in [1.29, 1.82) is 0 Å². The van der Waals surface area contributed by atoms with E-state index in [1.807, 2.05) is 6.92 Å². The van der Waals surface area contributed by atoms with Crippen LogP contribution in [0.15, 0.2) is 24.3 Å². The zero-order valence-corrected chi connectivity index (χ0v) is 21.6. The summed E-state index contributed by atoms with van der Waals surface area (Å²) >= 11 is 0. The van der Waals surface area contributed by atoms with Crippen molar-refractivity contribution in [3.8, 4) is 0 Å². The maximum absolute atomic E-state index is 15.1. The van der Waals surface area contributed by atoms with E-state index >= 15 is 4.39 Å². The predicted molar refractivity (Wildman–Crippen MR) is 140 cm³/mol. The molecule has 1 aromatic rings. The summed E-state index contributed by atoms with van der Waals surface area (Å²) in [4.78, 5) is 0. The zero-order valence-electron chi connectivity index (χ0n) is 21.6. The summed E-state index contributed by atoms with van der Waals surface area (Å²) in [5.41, 5.74) is 3.30. The van der Waals surface area contributed by atoms with Crippen molar-refractivity contribution in [1.82, 2.24) is 0 Å². The molecule has 0 N–H and O–H groups in total. The van der Waals surface area contributed by atoms with Crippen LogP contribution >= 0.6 is 0 Å². The second-order valence-electron chi connectivity index (χ2n) is 11.8. The SMILES string of the molecule is C/C=C/CCc1ccc2c(c1F)CCC(C1CCC3CC(CCCCCCC)CCC3C1)C2. The first kappa shape index (κ1) is 25.0. The van der Waals surface area contributed by atoms with Crippen molar-refractivity contribution >= 4 is 0 Å². The number of rotatable bonds is 10. The van der Waals surface area contributed by atoms with Gasteiger partial charge < -0.3 is 0 Å². The molecule has 3 aliphatic rings. The monoisotopic (exact) mass is 452 g/mol. The fourth-order valence-electron chi connectivity index (χ4n) is 7.64. The van der Waals surface area contributed by atoms with Crippen molar-refractivity contribution in [2.45, 2.75) is 123 Å². The van der Waals surface area contributed by atoms with E-state index in [9.17, 15) is 0 Å². The lowest BCUT2D eigenvalue weighted by molar-refractivity contribution is 0.0688. The fraction of sp³-hybridized carbons (Fsp3) is 0.750. The molecule has 1 aromatic carbocycles.